The number of nitrogens with one attached hydrogen (secondary N) is 1. The third kappa shape index (κ3) is 6.52. The zero-order valence-electron chi connectivity index (χ0n) is 17.0. The first-order chi connectivity index (χ1) is 12.4. The van der Waals surface area contributed by atoms with Gasteiger partial charge in [0.2, 0.25) is 0 Å². The first-order valence-electron chi connectivity index (χ1n) is 9.70. The van der Waals surface area contributed by atoms with Crippen molar-refractivity contribution in [3.63, 3.8) is 0 Å². The molecule has 1 atom stereocenters. The molecule has 0 aromatic heterocycles. The van der Waals surface area contributed by atoms with Gasteiger partial charge in [0.25, 0.3) is 0 Å². The Labute approximate surface area is 158 Å². The van der Waals surface area contributed by atoms with Crippen molar-refractivity contribution in [1.29, 1.82) is 0 Å². The zero-order valence-corrected chi connectivity index (χ0v) is 17.0. The Morgan fingerprint density at radius 1 is 1.38 bits per heavy atom. The summed E-state index contributed by atoms with van der Waals surface area (Å²) in [5.41, 5.74) is 1.41. The molecule has 1 aromatic rings. The molecule has 26 heavy (non-hydrogen) atoms. The van der Waals surface area contributed by atoms with Crippen LogP contribution in [-0.2, 0) is 10.2 Å². The second-order valence-corrected chi connectivity index (χ2v) is 7.97. The number of hydrogen-bond donors (Lipinski definition) is 1. The van der Waals surface area contributed by atoms with Crippen molar-refractivity contribution in [2.24, 2.45) is 10.9 Å². The fourth-order valence-electron chi connectivity index (χ4n) is 3.04. The van der Waals surface area contributed by atoms with Gasteiger partial charge in [-0.1, -0.05) is 32.9 Å². The molecule has 5 nitrogen and oxygen atoms in total. The Bertz CT molecular complexity index is 575. The lowest BCUT2D eigenvalue weighted by atomic mass is 9.87. The molecule has 1 heterocycles. The van der Waals surface area contributed by atoms with E-state index in [9.17, 15) is 0 Å². The fourth-order valence-corrected chi connectivity index (χ4v) is 3.04. The average Bonchev–Trinajstić information content (AvgIpc) is 3.10. The highest BCUT2D eigenvalue weighted by Crippen LogP contribution is 2.25. The lowest BCUT2D eigenvalue weighted by Gasteiger charge is -2.24. The maximum absolute atomic E-state index is 5.91. The van der Waals surface area contributed by atoms with Gasteiger partial charge in [-0.25, -0.2) is 4.99 Å². The van der Waals surface area contributed by atoms with Crippen LogP contribution >= 0.6 is 0 Å². The van der Waals surface area contributed by atoms with Crippen LogP contribution in [0.15, 0.2) is 29.3 Å². The number of rotatable bonds is 7. The standard InChI is InChI=1S/C21H35N3O2/c1-6-22-20(24(5)15-17-10-12-25-16-17)23-11-13-26-19-9-7-8-18(14-19)21(2,3)4/h7-9,14,17H,6,10-13,15-16H2,1-5H3,(H,22,23). The fraction of sp³-hybridized carbons (Fsp3) is 0.667. The third-order valence-corrected chi connectivity index (χ3v) is 4.57. The van der Waals surface area contributed by atoms with Crippen LogP contribution < -0.4 is 10.1 Å². The van der Waals surface area contributed by atoms with Crippen LogP contribution in [0.2, 0.25) is 0 Å². The normalized spacial score (nSPS) is 18.0. The number of hydrogen-bond acceptors (Lipinski definition) is 3. The Hall–Kier alpha value is -1.75. The number of ether oxygens (including phenoxy) is 2. The van der Waals surface area contributed by atoms with E-state index < -0.39 is 0 Å². The molecule has 0 amide bonds. The molecular formula is C21H35N3O2. The summed E-state index contributed by atoms with van der Waals surface area (Å²) in [6.45, 7) is 13.5. The van der Waals surface area contributed by atoms with Crippen LogP contribution in [-0.4, -0.2) is 57.4 Å². The topological polar surface area (TPSA) is 46.1 Å². The molecule has 1 N–H and O–H groups in total. The Morgan fingerprint density at radius 3 is 2.85 bits per heavy atom. The van der Waals surface area contributed by atoms with Crippen LogP contribution in [0.25, 0.3) is 0 Å². The van der Waals surface area contributed by atoms with Gasteiger partial charge in [-0.2, -0.15) is 0 Å². The maximum atomic E-state index is 5.91. The minimum absolute atomic E-state index is 0.127. The molecule has 5 heteroatoms. The van der Waals surface area contributed by atoms with Gasteiger partial charge in [0.05, 0.1) is 13.2 Å². The lowest BCUT2D eigenvalue weighted by Crippen LogP contribution is -2.41. The smallest absolute Gasteiger partial charge is 0.193 e. The van der Waals surface area contributed by atoms with E-state index in [1.807, 2.05) is 6.07 Å². The van der Waals surface area contributed by atoms with Gasteiger partial charge in [0.1, 0.15) is 12.4 Å². The van der Waals surface area contributed by atoms with Gasteiger partial charge in [-0.05, 0) is 36.5 Å². The Balaban J connectivity index is 1.85. The molecule has 2 rings (SSSR count). The Morgan fingerprint density at radius 2 is 2.19 bits per heavy atom. The molecule has 1 aliphatic heterocycles. The predicted octanol–water partition coefficient (Wildman–Crippen LogP) is 3.30. The molecule has 0 aliphatic carbocycles. The highest BCUT2D eigenvalue weighted by Gasteiger charge is 2.19. The molecule has 1 saturated heterocycles. The van der Waals surface area contributed by atoms with E-state index in [1.165, 1.54) is 5.56 Å². The molecule has 0 saturated carbocycles. The molecule has 146 valence electrons. The van der Waals surface area contributed by atoms with Crippen LogP contribution in [0.1, 0.15) is 39.7 Å². The number of aliphatic imine (C=N–C) groups is 1. The maximum Gasteiger partial charge on any atom is 0.193 e. The number of benzene rings is 1. The van der Waals surface area contributed by atoms with E-state index in [0.29, 0.717) is 19.1 Å². The second-order valence-electron chi connectivity index (χ2n) is 7.97. The first-order valence-corrected chi connectivity index (χ1v) is 9.70. The molecule has 0 bridgehead atoms. The highest BCUT2D eigenvalue weighted by atomic mass is 16.5. The third-order valence-electron chi connectivity index (χ3n) is 4.57. The minimum Gasteiger partial charge on any atom is -0.492 e. The van der Waals surface area contributed by atoms with Crippen molar-refractivity contribution in [2.45, 2.75) is 39.5 Å². The molecule has 1 aliphatic rings. The van der Waals surface area contributed by atoms with Crippen LogP contribution in [0.4, 0.5) is 0 Å². The molecular weight excluding hydrogens is 326 g/mol. The predicted molar refractivity (Wildman–Crippen MR) is 108 cm³/mol. The van der Waals surface area contributed by atoms with Crippen molar-refractivity contribution >= 4 is 5.96 Å². The van der Waals surface area contributed by atoms with Crippen molar-refractivity contribution in [3.8, 4) is 5.75 Å². The van der Waals surface area contributed by atoms with E-state index in [1.54, 1.807) is 0 Å². The average molecular weight is 362 g/mol. The van der Waals surface area contributed by atoms with Crippen molar-refractivity contribution in [3.05, 3.63) is 29.8 Å². The van der Waals surface area contributed by atoms with E-state index in [4.69, 9.17) is 14.5 Å². The van der Waals surface area contributed by atoms with Gasteiger partial charge in [-0.3, -0.25) is 0 Å². The van der Waals surface area contributed by atoms with Gasteiger partial charge < -0.3 is 19.7 Å². The second kappa shape index (κ2) is 9.81. The van der Waals surface area contributed by atoms with Gasteiger partial charge in [0, 0.05) is 32.7 Å². The Kier molecular flexibility index (Phi) is 7.76. The monoisotopic (exact) mass is 361 g/mol. The van der Waals surface area contributed by atoms with Gasteiger partial charge in [0.15, 0.2) is 5.96 Å². The van der Waals surface area contributed by atoms with Crippen molar-refractivity contribution in [1.82, 2.24) is 10.2 Å². The number of guanidine groups is 1. The summed E-state index contributed by atoms with van der Waals surface area (Å²) in [7, 11) is 2.09. The van der Waals surface area contributed by atoms with Crippen LogP contribution in [0.5, 0.6) is 5.75 Å². The van der Waals surface area contributed by atoms with Gasteiger partial charge in [-0.15, -0.1) is 0 Å². The number of nitrogens with zero attached hydrogens (tertiary/aromatic N) is 2. The lowest BCUT2D eigenvalue weighted by molar-refractivity contribution is 0.181. The minimum atomic E-state index is 0.127. The summed E-state index contributed by atoms with van der Waals surface area (Å²) in [6, 6.07) is 8.34. The van der Waals surface area contributed by atoms with E-state index in [2.05, 4.69) is 63.2 Å². The SMILES string of the molecule is CCNC(=NCCOc1cccc(C(C)(C)C)c1)N(C)CC1CCOC1. The van der Waals surface area contributed by atoms with Crippen molar-refractivity contribution in [2.75, 3.05) is 46.5 Å². The van der Waals surface area contributed by atoms with Crippen LogP contribution in [0.3, 0.4) is 0 Å². The first kappa shape index (κ1) is 20.6. The van der Waals surface area contributed by atoms with E-state index in [0.717, 1.165) is 44.4 Å². The molecule has 0 spiro atoms. The summed E-state index contributed by atoms with van der Waals surface area (Å²) in [5, 5.41) is 3.36. The largest absolute Gasteiger partial charge is 0.492 e. The molecule has 1 aromatic carbocycles. The molecule has 1 fully saturated rings. The quantitative estimate of drug-likeness (QED) is 0.460. The summed E-state index contributed by atoms with van der Waals surface area (Å²) >= 11 is 0. The van der Waals surface area contributed by atoms with E-state index in [-0.39, 0.29) is 5.41 Å². The summed E-state index contributed by atoms with van der Waals surface area (Å²) in [4.78, 5) is 6.90. The van der Waals surface area contributed by atoms with Gasteiger partial charge >= 0.3 is 0 Å². The van der Waals surface area contributed by atoms with Crippen molar-refractivity contribution < 1.29 is 9.47 Å². The summed E-state index contributed by atoms with van der Waals surface area (Å²) in [5.74, 6) is 2.45. The summed E-state index contributed by atoms with van der Waals surface area (Å²) in [6.07, 6.45) is 1.14. The summed E-state index contributed by atoms with van der Waals surface area (Å²) < 4.78 is 11.4. The zero-order chi connectivity index (χ0) is 19.0. The highest BCUT2D eigenvalue weighted by molar-refractivity contribution is 5.79. The van der Waals surface area contributed by atoms with E-state index >= 15 is 0 Å². The molecule has 1 unspecified atom stereocenters. The van der Waals surface area contributed by atoms with Crippen LogP contribution in [0, 0.1) is 5.92 Å². The molecule has 0 radical (unpaired) electrons.